The summed E-state index contributed by atoms with van der Waals surface area (Å²) in [5.41, 5.74) is 5.31. The number of sulfone groups is 1. The quantitative estimate of drug-likeness (QED) is 0.592. The fourth-order valence-corrected chi connectivity index (χ4v) is 1.47. The van der Waals surface area contributed by atoms with E-state index < -0.39 is 21.0 Å². The molecule has 0 spiro atoms. The number of carbonyl (C=O) groups excluding carboxylic acids is 1. The molecule has 6 heteroatoms. The maximum atomic E-state index is 11.3. The van der Waals surface area contributed by atoms with Crippen molar-refractivity contribution in [1.82, 2.24) is 5.32 Å². The van der Waals surface area contributed by atoms with Crippen LogP contribution in [0.25, 0.3) is 0 Å². The molecule has 1 unspecified atom stereocenters. The Morgan fingerprint density at radius 1 is 1.33 bits per heavy atom. The van der Waals surface area contributed by atoms with Gasteiger partial charge in [0, 0.05) is 12.8 Å². The highest BCUT2D eigenvalue weighted by Gasteiger charge is 2.22. The molecule has 0 heterocycles. The minimum Gasteiger partial charge on any atom is -0.355 e. The molecular weight excluding hydrogens is 216 g/mol. The molecule has 0 aromatic heterocycles. The van der Waals surface area contributed by atoms with Crippen LogP contribution < -0.4 is 11.1 Å². The van der Waals surface area contributed by atoms with Crippen LogP contribution in [0.5, 0.6) is 0 Å². The first-order valence-corrected chi connectivity index (χ1v) is 7.01. The van der Waals surface area contributed by atoms with Crippen LogP contribution in [-0.4, -0.2) is 38.9 Å². The van der Waals surface area contributed by atoms with Crippen molar-refractivity contribution in [1.29, 1.82) is 0 Å². The standard InChI is InChI=1S/C9H20N2O3S/c1-8(15(2,13)14)9(12)11-7-5-3-4-6-10/h8H,3-7,10H2,1-2H3,(H,11,12). The second-order valence-corrected chi connectivity index (χ2v) is 5.98. The van der Waals surface area contributed by atoms with E-state index >= 15 is 0 Å². The molecule has 0 aliphatic carbocycles. The number of rotatable bonds is 7. The van der Waals surface area contributed by atoms with E-state index in [4.69, 9.17) is 5.73 Å². The molecule has 15 heavy (non-hydrogen) atoms. The first-order valence-electron chi connectivity index (χ1n) is 5.06. The van der Waals surface area contributed by atoms with Gasteiger partial charge in [-0.25, -0.2) is 8.42 Å². The molecule has 5 nitrogen and oxygen atoms in total. The second-order valence-electron chi connectivity index (χ2n) is 3.61. The van der Waals surface area contributed by atoms with Crippen molar-refractivity contribution in [2.45, 2.75) is 31.4 Å². The molecule has 3 N–H and O–H groups in total. The molecule has 0 saturated heterocycles. The number of hydrogen-bond acceptors (Lipinski definition) is 4. The van der Waals surface area contributed by atoms with Crippen LogP contribution in [0.3, 0.4) is 0 Å². The molecule has 0 saturated carbocycles. The van der Waals surface area contributed by atoms with E-state index in [-0.39, 0.29) is 0 Å². The fraction of sp³-hybridized carbons (Fsp3) is 0.889. The number of nitrogens with one attached hydrogen (secondary N) is 1. The van der Waals surface area contributed by atoms with Crippen molar-refractivity contribution in [3.05, 3.63) is 0 Å². The van der Waals surface area contributed by atoms with Crippen molar-refractivity contribution in [2.24, 2.45) is 5.73 Å². The third-order valence-corrected chi connectivity index (χ3v) is 3.69. The lowest BCUT2D eigenvalue weighted by molar-refractivity contribution is -0.120. The average molecular weight is 236 g/mol. The average Bonchev–Trinajstić information content (AvgIpc) is 2.14. The van der Waals surface area contributed by atoms with Gasteiger partial charge in [-0.15, -0.1) is 0 Å². The summed E-state index contributed by atoms with van der Waals surface area (Å²) >= 11 is 0. The third-order valence-electron chi connectivity index (χ3n) is 2.19. The Bertz CT molecular complexity index is 288. The van der Waals surface area contributed by atoms with Gasteiger partial charge in [0.15, 0.2) is 9.84 Å². The smallest absolute Gasteiger partial charge is 0.238 e. The van der Waals surface area contributed by atoms with Gasteiger partial charge >= 0.3 is 0 Å². The summed E-state index contributed by atoms with van der Waals surface area (Å²) in [5.74, 6) is -0.426. The molecule has 0 aliphatic heterocycles. The molecule has 0 bridgehead atoms. The van der Waals surface area contributed by atoms with E-state index in [0.29, 0.717) is 13.1 Å². The first kappa shape index (κ1) is 14.4. The second kappa shape index (κ2) is 6.79. The summed E-state index contributed by atoms with van der Waals surface area (Å²) in [5, 5.41) is 1.62. The van der Waals surface area contributed by atoms with Crippen LogP contribution in [0.2, 0.25) is 0 Å². The van der Waals surface area contributed by atoms with Gasteiger partial charge < -0.3 is 11.1 Å². The monoisotopic (exact) mass is 236 g/mol. The van der Waals surface area contributed by atoms with E-state index in [1.54, 1.807) is 0 Å². The van der Waals surface area contributed by atoms with Crippen LogP contribution in [0.15, 0.2) is 0 Å². The number of carbonyl (C=O) groups is 1. The maximum absolute atomic E-state index is 11.3. The van der Waals surface area contributed by atoms with Crippen LogP contribution in [0.1, 0.15) is 26.2 Å². The van der Waals surface area contributed by atoms with Gasteiger partial charge in [-0.3, -0.25) is 4.79 Å². The van der Waals surface area contributed by atoms with Crippen molar-refractivity contribution < 1.29 is 13.2 Å². The zero-order valence-corrected chi connectivity index (χ0v) is 10.1. The molecule has 0 aromatic rings. The van der Waals surface area contributed by atoms with Crippen LogP contribution in [0, 0.1) is 0 Å². The van der Waals surface area contributed by atoms with Crippen LogP contribution in [-0.2, 0) is 14.6 Å². The van der Waals surface area contributed by atoms with E-state index in [1.165, 1.54) is 6.92 Å². The summed E-state index contributed by atoms with van der Waals surface area (Å²) < 4.78 is 22.1. The van der Waals surface area contributed by atoms with Gasteiger partial charge in [0.2, 0.25) is 5.91 Å². The summed E-state index contributed by atoms with van der Waals surface area (Å²) in [6.45, 7) is 2.55. The normalized spacial score (nSPS) is 13.5. The Labute approximate surface area is 91.3 Å². The number of unbranched alkanes of at least 4 members (excludes halogenated alkanes) is 2. The van der Waals surface area contributed by atoms with Crippen molar-refractivity contribution >= 4 is 15.7 Å². The zero-order chi connectivity index (χ0) is 11.9. The summed E-state index contributed by atoms with van der Waals surface area (Å²) in [6.07, 6.45) is 3.77. The van der Waals surface area contributed by atoms with E-state index in [1.807, 2.05) is 0 Å². The first-order chi connectivity index (χ1) is 6.89. The van der Waals surface area contributed by atoms with Gasteiger partial charge in [-0.1, -0.05) is 6.42 Å². The van der Waals surface area contributed by atoms with Crippen molar-refractivity contribution in [2.75, 3.05) is 19.3 Å². The van der Waals surface area contributed by atoms with Crippen LogP contribution in [0.4, 0.5) is 0 Å². The predicted molar refractivity (Wildman–Crippen MR) is 60.2 cm³/mol. The molecule has 1 atom stereocenters. The maximum Gasteiger partial charge on any atom is 0.238 e. The molecule has 0 radical (unpaired) electrons. The highest BCUT2D eigenvalue weighted by Crippen LogP contribution is 1.98. The predicted octanol–water partition coefficient (Wildman–Crippen LogP) is -0.335. The largest absolute Gasteiger partial charge is 0.355 e. The molecule has 90 valence electrons. The minimum atomic E-state index is -3.28. The highest BCUT2D eigenvalue weighted by molar-refractivity contribution is 7.92. The third kappa shape index (κ3) is 6.46. The van der Waals surface area contributed by atoms with Gasteiger partial charge in [-0.05, 0) is 26.3 Å². The molecule has 0 rings (SSSR count). The Kier molecular flexibility index (Phi) is 6.51. The Morgan fingerprint density at radius 3 is 2.40 bits per heavy atom. The topological polar surface area (TPSA) is 89.3 Å². The molecule has 0 aromatic carbocycles. The van der Waals surface area contributed by atoms with Gasteiger partial charge in [-0.2, -0.15) is 0 Å². The molecular formula is C9H20N2O3S. The van der Waals surface area contributed by atoms with Gasteiger partial charge in [0.05, 0.1) is 0 Å². The lowest BCUT2D eigenvalue weighted by Gasteiger charge is -2.09. The van der Waals surface area contributed by atoms with Crippen LogP contribution >= 0.6 is 0 Å². The Hall–Kier alpha value is -0.620. The van der Waals surface area contributed by atoms with E-state index in [2.05, 4.69) is 5.32 Å². The number of hydrogen-bond donors (Lipinski definition) is 2. The molecule has 0 fully saturated rings. The Balaban J connectivity index is 3.76. The highest BCUT2D eigenvalue weighted by atomic mass is 32.2. The number of nitrogens with two attached hydrogens (primary N) is 1. The number of amides is 1. The SMILES string of the molecule is CC(C(=O)NCCCCCN)S(C)(=O)=O. The van der Waals surface area contributed by atoms with E-state index in [9.17, 15) is 13.2 Å². The fourth-order valence-electron chi connectivity index (χ4n) is 0.996. The summed E-state index contributed by atoms with van der Waals surface area (Å²) in [4.78, 5) is 11.3. The van der Waals surface area contributed by atoms with E-state index in [0.717, 1.165) is 25.5 Å². The summed E-state index contributed by atoms with van der Waals surface area (Å²) in [7, 11) is -3.28. The lowest BCUT2D eigenvalue weighted by atomic mass is 10.2. The minimum absolute atomic E-state index is 0.426. The molecule has 1 amide bonds. The molecule has 0 aliphatic rings. The Morgan fingerprint density at radius 2 is 1.93 bits per heavy atom. The summed E-state index contributed by atoms with van der Waals surface area (Å²) in [6, 6.07) is 0. The lowest BCUT2D eigenvalue weighted by Crippen LogP contribution is -2.37. The van der Waals surface area contributed by atoms with Gasteiger partial charge in [0.25, 0.3) is 0 Å². The zero-order valence-electron chi connectivity index (χ0n) is 9.32. The van der Waals surface area contributed by atoms with Crippen molar-refractivity contribution in [3.8, 4) is 0 Å². The van der Waals surface area contributed by atoms with Gasteiger partial charge in [0.1, 0.15) is 5.25 Å². The van der Waals surface area contributed by atoms with Crippen molar-refractivity contribution in [3.63, 3.8) is 0 Å².